The van der Waals surface area contributed by atoms with Gasteiger partial charge in [-0.1, -0.05) is 12.1 Å². The van der Waals surface area contributed by atoms with Crippen molar-refractivity contribution in [2.45, 2.75) is 13.5 Å². The molecule has 0 aliphatic carbocycles. The van der Waals surface area contributed by atoms with E-state index in [0.717, 1.165) is 0 Å². The number of nitrogen functional groups attached to an aromatic ring is 1. The van der Waals surface area contributed by atoms with Gasteiger partial charge < -0.3 is 9.15 Å². The topological polar surface area (TPSA) is 77.5 Å². The summed E-state index contributed by atoms with van der Waals surface area (Å²) in [6.07, 6.45) is 1.26. The number of ether oxygens (including phenoxy) is 1. The first-order chi connectivity index (χ1) is 9.11. The van der Waals surface area contributed by atoms with E-state index in [9.17, 15) is 9.18 Å². The number of aryl methyl sites for hydroxylation is 1. The van der Waals surface area contributed by atoms with E-state index in [-0.39, 0.29) is 17.9 Å². The number of nitrogens with one attached hydrogen (secondary N) is 1. The average Bonchev–Trinajstić information content (AvgIpc) is 2.88. The molecule has 1 heterocycles. The molecule has 0 radical (unpaired) electrons. The maximum absolute atomic E-state index is 13.7. The molecule has 2 rings (SSSR count). The summed E-state index contributed by atoms with van der Waals surface area (Å²) >= 11 is 0. The van der Waals surface area contributed by atoms with Gasteiger partial charge in [-0.15, -0.1) is 0 Å². The lowest BCUT2D eigenvalue weighted by molar-refractivity contribution is 0.0953. The Kier molecular flexibility index (Phi) is 3.82. The molecule has 3 N–H and O–H groups in total. The molecule has 0 bridgehead atoms. The van der Waals surface area contributed by atoms with Gasteiger partial charge >= 0.3 is 0 Å². The molecule has 1 aromatic carbocycles. The zero-order valence-corrected chi connectivity index (χ0v) is 10.3. The van der Waals surface area contributed by atoms with Crippen molar-refractivity contribution in [2.24, 2.45) is 5.84 Å². The van der Waals surface area contributed by atoms with Crippen LogP contribution >= 0.6 is 0 Å². The Bertz CT molecular complexity index is 595. The van der Waals surface area contributed by atoms with Gasteiger partial charge in [-0.05, 0) is 24.6 Å². The number of benzene rings is 1. The maximum atomic E-state index is 13.7. The molecule has 0 fully saturated rings. The summed E-state index contributed by atoms with van der Waals surface area (Å²) < 4.78 is 24.1. The van der Waals surface area contributed by atoms with E-state index in [1.165, 1.54) is 18.4 Å². The smallest absolute Gasteiger partial charge is 0.268 e. The van der Waals surface area contributed by atoms with Crippen LogP contribution in [0.4, 0.5) is 4.39 Å². The van der Waals surface area contributed by atoms with Crippen LogP contribution in [0.2, 0.25) is 0 Å². The van der Waals surface area contributed by atoms with Gasteiger partial charge in [0.2, 0.25) is 0 Å². The van der Waals surface area contributed by atoms with E-state index in [1.807, 2.05) is 5.43 Å². The lowest BCUT2D eigenvalue weighted by atomic mass is 10.2. The van der Waals surface area contributed by atoms with Crippen molar-refractivity contribution in [2.75, 3.05) is 0 Å². The minimum absolute atomic E-state index is 0.0260. The van der Waals surface area contributed by atoms with Crippen LogP contribution in [0.5, 0.6) is 5.75 Å². The molecule has 1 amide bonds. The molecular weight excluding hydrogens is 251 g/mol. The highest BCUT2D eigenvalue weighted by Crippen LogP contribution is 2.21. The lowest BCUT2D eigenvalue weighted by Crippen LogP contribution is -2.29. The van der Waals surface area contributed by atoms with Crippen molar-refractivity contribution in [1.29, 1.82) is 0 Å². The SMILES string of the molecule is Cc1cccc(OCc2cc(C(=O)NN)co2)c1F. The second kappa shape index (κ2) is 5.53. The largest absolute Gasteiger partial charge is 0.483 e. The number of carbonyl (C=O) groups excluding carboxylic acids is 1. The van der Waals surface area contributed by atoms with Gasteiger partial charge in [-0.25, -0.2) is 10.2 Å². The maximum Gasteiger partial charge on any atom is 0.268 e. The van der Waals surface area contributed by atoms with E-state index >= 15 is 0 Å². The monoisotopic (exact) mass is 264 g/mol. The number of nitrogens with two attached hydrogens (primary N) is 1. The van der Waals surface area contributed by atoms with Crippen molar-refractivity contribution in [1.82, 2.24) is 5.43 Å². The molecule has 0 saturated heterocycles. The fraction of sp³-hybridized carbons (Fsp3) is 0.154. The van der Waals surface area contributed by atoms with E-state index in [1.54, 1.807) is 19.1 Å². The number of furan rings is 1. The summed E-state index contributed by atoms with van der Waals surface area (Å²) in [7, 11) is 0. The Balaban J connectivity index is 2.04. The molecule has 0 spiro atoms. The van der Waals surface area contributed by atoms with Crippen LogP contribution in [0, 0.1) is 12.7 Å². The first-order valence-electron chi connectivity index (χ1n) is 5.58. The molecule has 6 heteroatoms. The van der Waals surface area contributed by atoms with Gasteiger partial charge in [-0.2, -0.15) is 0 Å². The molecule has 1 aromatic heterocycles. The molecule has 0 aliphatic heterocycles. The third-order valence-electron chi connectivity index (χ3n) is 2.57. The summed E-state index contributed by atoms with van der Waals surface area (Å²) in [4.78, 5) is 11.2. The third-order valence-corrected chi connectivity index (χ3v) is 2.57. The highest BCUT2D eigenvalue weighted by Gasteiger charge is 2.11. The van der Waals surface area contributed by atoms with Crippen molar-refractivity contribution < 1.29 is 18.3 Å². The Morgan fingerprint density at radius 1 is 1.53 bits per heavy atom. The van der Waals surface area contributed by atoms with Crippen molar-refractivity contribution >= 4 is 5.91 Å². The minimum atomic E-state index is -0.461. The van der Waals surface area contributed by atoms with Crippen LogP contribution in [0.25, 0.3) is 0 Å². The van der Waals surface area contributed by atoms with Gasteiger partial charge in [-0.3, -0.25) is 10.2 Å². The number of hydrogen-bond acceptors (Lipinski definition) is 4. The van der Waals surface area contributed by atoms with Gasteiger partial charge in [0.25, 0.3) is 5.91 Å². The predicted molar refractivity (Wildman–Crippen MR) is 65.8 cm³/mol. The number of amides is 1. The normalized spacial score (nSPS) is 10.3. The Labute approximate surface area is 109 Å². The van der Waals surface area contributed by atoms with Crippen molar-refractivity contribution in [3.05, 3.63) is 53.2 Å². The molecule has 0 atom stereocenters. The second-order valence-corrected chi connectivity index (χ2v) is 3.95. The third kappa shape index (κ3) is 2.92. The van der Waals surface area contributed by atoms with Crippen molar-refractivity contribution in [3.63, 3.8) is 0 Å². The molecule has 2 aromatic rings. The number of carbonyl (C=O) groups is 1. The molecule has 100 valence electrons. The Morgan fingerprint density at radius 2 is 2.32 bits per heavy atom. The minimum Gasteiger partial charge on any atom is -0.483 e. The van der Waals surface area contributed by atoms with Crippen LogP contribution in [0.1, 0.15) is 21.7 Å². The molecular formula is C13H13FN2O3. The summed E-state index contributed by atoms with van der Waals surface area (Å²) in [5, 5.41) is 0. The van der Waals surface area contributed by atoms with Crippen LogP contribution in [-0.4, -0.2) is 5.91 Å². The average molecular weight is 264 g/mol. The number of hydrogen-bond donors (Lipinski definition) is 2. The molecule has 0 unspecified atom stereocenters. The zero-order chi connectivity index (χ0) is 13.8. The highest BCUT2D eigenvalue weighted by molar-refractivity contribution is 5.93. The Morgan fingerprint density at radius 3 is 3.05 bits per heavy atom. The second-order valence-electron chi connectivity index (χ2n) is 3.95. The number of hydrazine groups is 1. The molecule has 5 nitrogen and oxygen atoms in total. The standard InChI is InChI=1S/C13H13FN2O3/c1-8-3-2-4-11(12(8)14)19-7-10-5-9(6-18-10)13(17)16-15/h2-6H,7,15H2,1H3,(H,16,17). The zero-order valence-electron chi connectivity index (χ0n) is 10.3. The number of rotatable bonds is 4. The highest BCUT2D eigenvalue weighted by atomic mass is 19.1. The fourth-order valence-corrected chi connectivity index (χ4v) is 1.54. The van der Waals surface area contributed by atoms with E-state index in [2.05, 4.69) is 0 Å². The van der Waals surface area contributed by atoms with E-state index < -0.39 is 11.7 Å². The molecule has 0 saturated carbocycles. The van der Waals surface area contributed by atoms with Gasteiger partial charge in [0, 0.05) is 0 Å². The van der Waals surface area contributed by atoms with Crippen LogP contribution < -0.4 is 16.0 Å². The van der Waals surface area contributed by atoms with Crippen LogP contribution in [0.15, 0.2) is 34.9 Å². The fourth-order valence-electron chi connectivity index (χ4n) is 1.54. The summed E-state index contributed by atoms with van der Waals surface area (Å²) in [6, 6.07) is 6.36. The van der Waals surface area contributed by atoms with E-state index in [4.69, 9.17) is 15.0 Å². The van der Waals surface area contributed by atoms with Gasteiger partial charge in [0.1, 0.15) is 18.6 Å². The van der Waals surface area contributed by atoms with Crippen LogP contribution in [-0.2, 0) is 6.61 Å². The van der Waals surface area contributed by atoms with Crippen LogP contribution in [0.3, 0.4) is 0 Å². The Hall–Kier alpha value is -2.34. The predicted octanol–water partition coefficient (Wildman–Crippen LogP) is 1.91. The summed E-state index contributed by atoms with van der Waals surface area (Å²) in [6.45, 7) is 1.68. The first kappa shape index (κ1) is 13.1. The summed E-state index contributed by atoms with van der Waals surface area (Å²) in [5.74, 6) is 4.67. The van der Waals surface area contributed by atoms with Gasteiger partial charge in [0.05, 0.1) is 5.56 Å². The lowest BCUT2D eigenvalue weighted by Gasteiger charge is -2.06. The quantitative estimate of drug-likeness (QED) is 0.502. The van der Waals surface area contributed by atoms with Gasteiger partial charge in [0.15, 0.2) is 11.6 Å². The molecule has 0 aliphatic rings. The van der Waals surface area contributed by atoms with Crippen molar-refractivity contribution in [3.8, 4) is 5.75 Å². The number of halogens is 1. The molecule has 19 heavy (non-hydrogen) atoms. The summed E-state index contributed by atoms with van der Waals surface area (Å²) in [5.41, 5.74) is 2.77. The first-order valence-corrected chi connectivity index (χ1v) is 5.58. The van der Waals surface area contributed by atoms with E-state index in [0.29, 0.717) is 11.3 Å².